The van der Waals surface area contributed by atoms with E-state index in [1.165, 1.54) is 13.3 Å². The molecule has 1 aliphatic rings. The number of rotatable bonds is 5. The fourth-order valence-corrected chi connectivity index (χ4v) is 3.16. The third-order valence-corrected chi connectivity index (χ3v) is 4.61. The molecule has 0 radical (unpaired) electrons. The number of amides is 1. The first-order valence-electron chi connectivity index (χ1n) is 8.67. The Balaban J connectivity index is 2.06. The summed E-state index contributed by atoms with van der Waals surface area (Å²) in [7, 11) is 1.52. The summed E-state index contributed by atoms with van der Waals surface area (Å²) in [6, 6.07) is 1.75. The molecule has 0 aromatic carbocycles. The first-order chi connectivity index (χ1) is 12.3. The van der Waals surface area contributed by atoms with Gasteiger partial charge in [-0.25, -0.2) is 13.8 Å². The SMILES string of the molecule is CC#CC(=O)Nc1cnc(OC)c(/C=C/C2CCC(C(C)(F)F)CC2)c1. The Labute approximate surface area is 153 Å². The molecule has 1 N–H and O–H groups in total. The van der Waals surface area contributed by atoms with Crippen LogP contribution in [0.3, 0.4) is 0 Å². The lowest BCUT2D eigenvalue weighted by atomic mass is 9.79. The highest BCUT2D eigenvalue weighted by Crippen LogP contribution is 2.39. The number of nitrogens with one attached hydrogen (secondary N) is 1. The van der Waals surface area contributed by atoms with Gasteiger partial charge in [-0.2, -0.15) is 0 Å². The van der Waals surface area contributed by atoms with Crippen LogP contribution >= 0.6 is 0 Å². The number of aromatic nitrogens is 1. The lowest BCUT2D eigenvalue weighted by Gasteiger charge is -2.30. The Morgan fingerprint density at radius 1 is 1.38 bits per heavy atom. The van der Waals surface area contributed by atoms with E-state index in [0.29, 0.717) is 24.4 Å². The Hall–Kier alpha value is -2.42. The van der Waals surface area contributed by atoms with Crippen molar-refractivity contribution in [1.82, 2.24) is 4.98 Å². The van der Waals surface area contributed by atoms with Gasteiger partial charge in [-0.15, -0.1) is 0 Å². The molecule has 1 fully saturated rings. The van der Waals surface area contributed by atoms with Gasteiger partial charge in [0.15, 0.2) is 0 Å². The molecular formula is C20H24F2N2O2. The minimum absolute atomic E-state index is 0.252. The predicted molar refractivity (Wildman–Crippen MR) is 98.0 cm³/mol. The zero-order valence-electron chi connectivity index (χ0n) is 15.3. The second-order valence-electron chi connectivity index (χ2n) is 6.58. The first kappa shape index (κ1) is 19.9. The number of halogens is 2. The number of pyridine rings is 1. The predicted octanol–water partition coefficient (Wildman–Crippen LogP) is 4.53. The first-order valence-corrected chi connectivity index (χ1v) is 8.67. The van der Waals surface area contributed by atoms with Gasteiger partial charge in [-0.3, -0.25) is 4.79 Å². The van der Waals surface area contributed by atoms with Crippen LogP contribution in [0.2, 0.25) is 0 Å². The van der Waals surface area contributed by atoms with Gasteiger partial charge in [-0.05, 0) is 57.4 Å². The van der Waals surface area contributed by atoms with Gasteiger partial charge in [0.25, 0.3) is 5.91 Å². The maximum atomic E-state index is 13.4. The van der Waals surface area contributed by atoms with E-state index in [1.54, 1.807) is 13.0 Å². The molecule has 1 aromatic rings. The van der Waals surface area contributed by atoms with E-state index in [4.69, 9.17) is 4.74 Å². The van der Waals surface area contributed by atoms with Crippen LogP contribution in [-0.2, 0) is 4.79 Å². The summed E-state index contributed by atoms with van der Waals surface area (Å²) < 4.78 is 32.1. The van der Waals surface area contributed by atoms with Crippen LogP contribution in [0.15, 0.2) is 18.3 Å². The third-order valence-electron chi connectivity index (χ3n) is 4.61. The van der Waals surface area contributed by atoms with Crippen molar-refractivity contribution in [2.75, 3.05) is 12.4 Å². The van der Waals surface area contributed by atoms with Gasteiger partial charge in [0.05, 0.1) is 19.0 Å². The minimum atomic E-state index is -2.60. The minimum Gasteiger partial charge on any atom is -0.481 e. The number of carbonyl (C=O) groups is 1. The van der Waals surface area contributed by atoms with E-state index in [2.05, 4.69) is 22.1 Å². The quantitative estimate of drug-likeness (QED) is 0.783. The van der Waals surface area contributed by atoms with Crippen molar-refractivity contribution in [2.24, 2.45) is 11.8 Å². The molecule has 0 saturated heterocycles. The lowest BCUT2D eigenvalue weighted by molar-refractivity contribution is -0.111. The van der Waals surface area contributed by atoms with Crippen molar-refractivity contribution >= 4 is 17.7 Å². The van der Waals surface area contributed by atoms with Gasteiger partial charge in [0.2, 0.25) is 11.8 Å². The highest BCUT2D eigenvalue weighted by molar-refractivity contribution is 6.03. The number of methoxy groups -OCH3 is 1. The highest BCUT2D eigenvalue weighted by atomic mass is 19.3. The second kappa shape index (κ2) is 8.79. The average molecular weight is 362 g/mol. The molecule has 0 atom stereocenters. The molecule has 140 valence electrons. The Bertz CT molecular complexity index is 722. The summed E-state index contributed by atoms with van der Waals surface area (Å²) in [5, 5.41) is 2.65. The molecule has 1 aromatic heterocycles. The van der Waals surface area contributed by atoms with Crippen LogP contribution < -0.4 is 10.1 Å². The zero-order valence-corrected chi connectivity index (χ0v) is 15.3. The van der Waals surface area contributed by atoms with Gasteiger partial charge in [0, 0.05) is 11.5 Å². The van der Waals surface area contributed by atoms with Crippen LogP contribution in [0.4, 0.5) is 14.5 Å². The molecular weight excluding hydrogens is 338 g/mol. The van der Waals surface area contributed by atoms with Crippen molar-refractivity contribution in [1.29, 1.82) is 0 Å². The number of hydrogen-bond donors (Lipinski definition) is 1. The van der Waals surface area contributed by atoms with Crippen molar-refractivity contribution in [3.05, 3.63) is 23.9 Å². The van der Waals surface area contributed by atoms with E-state index in [1.807, 2.05) is 12.2 Å². The summed E-state index contributed by atoms with van der Waals surface area (Å²) in [4.78, 5) is 15.8. The summed E-state index contributed by atoms with van der Waals surface area (Å²) in [5.41, 5.74) is 1.24. The van der Waals surface area contributed by atoms with Crippen LogP contribution in [0.25, 0.3) is 6.08 Å². The second-order valence-corrected chi connectivity index (χ2v) is 6.58. The molecule has 0 spiro atoms. The van der Waals surface area contributed by atoms with Gasteiger partial charge < -0.3 is 10.1 Å². The van der Waals surface area contributed by atoms with E-state index >= 15 is 0 Å². The summed E-state index contributed by atoms with van der Waals surface area (Å²) >= 11 is 0. The fraction of sp³-hybridized carbons (Fsp3) is 0.500. The van der Waals surface area contributed by atoms with E-state index < -0.39 is 17.7 Å². The van der Waals surface area contributed by atoms with Crippen LogP contribution in [0.1, 0.15) is 45.1 Å². The van der Waals surface area contributed by atoms with E-state index in [9.17, 15) is 13.6 Å². The normalized spacial score (nSPS) is 20.3. The van der Waals surface area contributed by atoms with Crippen molar-refractivity contribution in [3.8, 4) is 17.7 Å². The number of anilines is 1. The van der Waals surface area contributed by atoms with Crippen molar-refractivity contribution < 1.29 is 18.3 Å². The van der Waals surface area contributed by atoms with E-state index in [0.717, 1.165) is 25.3 Å². The van der Waals surface area contributed by atoms with Gasteiger partial charge >= 0.3 is 0 Å². The monoisotopic (exact) mass is 362 g/mol. The molecule has 1 aliphatic carbocycles. The topological polar surface area (TPSA) is 51.2 Å². The number of allylic oxidation sites excluding steroid dienone is 1. The molecule has 0 aliphatic heterocycles. The Morgan fingerprint density at radius 2 is 2.08 bits per heavy atom. The molecule has 4 nitrogen and oxygen atoms in total. The standard InChI is InChI=1S/C20H24F2N2O2/c1-4-5-18(25)24-17-12-15(19(26-3)23-13-17)9-6-14-7-10-16(11-8-14)20(2,21)22/h6,9,12-14,16H,7-8,10-11H2,1-3H3,(H,24,25)/b9-6+. The maximum absolute atomic E-state index is 13.4. The smallest absolute Gasteiger partial charge is 0.300 e. The average Bonchev–Trinajstić information content (AvgIpc) is 2.60. The zero-order chi connectivity index (χ0) is 19.2. The van der Waals surface area contributed by atoms with E-state index in [-0.39, 0.29) is 5.92 Å². The molecule has 1 amide bonds. The number of alkyl halides is 2. The summed E-state index contributed by atoms with van der Waals surface area (Å²) in [6.07, 6.45) is 7.92. The Morgan fingerprint density at radius 3 is 2.65 bits per heavy atom. The van der Waals surface area contributed by atoms with Gasteiger partial charge in [0.1, 0.15) is 0 Å². The van der Waals surface area contributed by atoms with Crippen LogP contribution in [-0.4, -0.2) is 23.9 Å². The molecule has 6 heteroatoms. The third kappa shape index (κ3) is 5.55. The number of ether oxygens (including phenoxy) is 1. The fourth-order valence-electron chi connectivity index (χ4n) is 3.16. The number of nitrogens with zero attached hydrogens (tertiary/aromatic N) is 1. The van der Waals surface area contributed by atoms with Gasteiger partial charge in [-0.1, -0.05) is 18.1 Å². The summed E-state index contributed by atoms with van der Waals surface area (Å²) in [5.74, 6) is 2.09. The van der Waals surface area contributed by atoms with Crippen LogP contribution in [0.5, 0.6) is 5.88 Å². The summed E-state index contributed by atoms with van der Waals surface area (Å²) in [6.45, 7) is 2.59. The van der Waals surface area contributed by atoms with Crippen LogP contribution in [0, 0.1) is 23.7 Å². The van der Waals surface area contributed by atoms with Crippen molar-refractivity contribution in [3.63, 3.8) is 0 Å². The number of hydrogen-bond acceptors (Lipinski definition) is 3. The molecule has 0 bridgehead atoms. The largest absolute Gasteiger partial charge is 0.481 e. The molecule has 2 rings (SSSR count). The Kier molecular flexibility index (Phi) is 6.73. The lowest BCUT2D eigenvalue weighted by Crippen LogP contribution is -2.28. The molecule has 0 unspecified atom stereocenters. The highest BCUT2D eigenvalue weighted by Gasteiger charge is 2.36. The molecule has 1 heterocycles. The number of carbonyl (C=O) groups excluding carboxylic acids is 1. The molecule has 26 heavy (non-hydrogen) atoms. The maximum Gasteiger partial charge on any atom is 0.300 e. The molecule has 1 saturated carbocycles. The van der Waals surface area contributed by atoms with Crippen molar-refractivity contribution in [2.45, 2.75) is 45.5 Å².